The third-order valence-corrected chi connectivity index (χ3v) is 4.86. The van der Waals surface area contributed by atoms with E-state index in [2.05, 4.69) is 0 Å². The summed E-state index contributed by atoms with van der Waals surface area (Å²) in [7, 11) is 0. The molecule has 0 unspecified atom stereocenters. The molecule has 0 bridgehead atoms. The molecule has 0 radical (unpaired) electrons. The molecule has 1 atom stereocenters. The van der Waals surface area contributed by atoms with E-state index in [0.717, 1.165) is 22.4 Å². The fourth-order valence-electron chi connectivity index (χ4n) is 3.66. The van der Waals surface area contributed by atoms with Crippen LogP contribution >= 0.6 is 0 Å². The first-order valence-electron chi connectivity index (χ1n) is 9.39. The Bertz CT molecular complexity index is 994. The first-order chi connectivity index (χ1) is 13.3. The van der Waals surface area contributed by atoms with Crippen LogP contribution in [0.1, 0.15) is 61.5 Å². The highest BCUT2D eigenvalue weighted by Gasteiger charge is 2.38. The maximum absolute atomic E-state index is 12.7. The van der Waals surface area contributed by atoms with Gasteiger partial charge in [-0.3, -0.25) is 9.59 Å². The number of ether oxygens (including phenoxy) is 3. The minimum absolute atomic E-state index is 0.0846. The summed E-state index contributed by atoms with van der Waals surface area (Å²) in [6.45, 7) is 7.63. The molecule has 2 aromatic carbocycles. The topological polar surface area (TPSA) is 61.8 Å². The molecule has 4 rings (SSSR count). The lowest BCUT2D eigenvalue weighted by atomic mass is 9.84. The number of hydrogen-bond acceptors (Lipinski definition) is 5. The van der Waals surface area contributed by atoms with Crippen molar-refractivity contribution in [3.63, 3.8) is 0 Å². The zero-order chi connectivity index (χ0) is 20.0. The van der Waals surface area contributed by atoms with Gasteiger partial charge in [0.1, 0.15) is 17.2 Å². The smallest absolute Gasteiger partial charge is 0.312 e. The molecule has 2 aliphatic rings. The van der Waals surface area contributed by atoms with Crippen LogP contribution < -0.4 is 14.2 Å². The van der Waals surface area contributed by atoms with Gasteiger partial charge in [0.15, 0.2) is 5.76 Å². The molecule has 5 nitrogen and oxygen atoms in total. The fraction of sp³-hybridized carbons (Fsp3) is 0.304. The molecule has 0 aromatic heterocycles. The molecule has 5 heteroatoms. The number of carbonyl (C=O) groups excluding carboxylic acids is 2. The Labute approximate surface area is 163 Å². The van der Waals surface area contributed by atoms with Gasteiger partial charge in [-0.15, -0.1) is 0 Å². The maximum atomic E-state index is 12.7. The minimum Gasteiger partial charge on any atom is -0.491 e. The minimum atomic E-state index is -0.299. The monoisotopic (exact) mass is 378 g/mol. The van der Waals surface area contributed by atoms with Gasteiger partial charge in [0.2, 0.25) is 5.78 Å². The average molecular weight is 378 g/mol. The standard InChI is InChI=1S/C23H22O5/c1-12(2)22-21(25)16-9-10-18-20(23(16)28-22)17(11-19(24)27-18)14-5-7-15(8-6-14)26-13(3)4/h5-10,13,17H,11H2,1-4H3/t17-/m0/s1. The van der Waals surface area contributed by atoms with Crippen LogP contribution in [0.25, 0.3) is 0 Å². The van der Waals surface area contributed by atoms with Gasteiger partial charge in [-0.2, -0.15) is 0 Å². The Morgan fingerprint density at radius 2 is 1.75 bits per heavy atom. The molecule has 0 N–H and O–H groups in total. The molecule has 0 amide bonds. The van der Waals surface area contributed by atoms with E-state index in [-0.39, 0.29) is 30.2 Å². The van der Waals surface area contributed by atoms with Gasteiger partial charge in [0.25, 0.3) is 0 Å². The second-order valence-electron chi connectivity index (χ2n) is 7.58. The molecule has 0 aliphatic carbocycles. The largest absolute Gasteiger partial charge is 0.491 e. The predicted molar refractivity (Wildman–Crippen MR) is 104 cm³/mol. The van der Waals surface area contributed by atoms with Crippen molar-refractivity contribution in [2.45, 2.75) is 46.1 Å². The SMILES string of the molecule is CC(C)=C1Oc2c(ccc3c2[C@H](c2ccc(OC(C)C)cc2)CC(=O)O3)C1=O. The fourth-order valence-corrected chi connectivity index (χ4v) is 3.66. The highest BCUT2D eigenvalue weighted by Crippen LogP contribution is 2.49. The molecule has 2 aromatic rings. The number of Topliss-reactive ketones (excluding diaryl/α,β-unsaturated/α-hetero) is 1. The highest BCUT2D eigenvalue weighted by atomic mass is 16.5. The number of ketones is 1. The maximum Gasteiger partial charge on any atom is 0.312 e. The highest BCUT2D eigenvalue weighted by molar-refractivity contribution is 6.13. The molecule has 0 fully saturated rings. The summed E-state index contributed by atoms with van der Waals surface area (Å²) in [5.41, 5.74) is 3.02. The summed E-state index contributed by atoms with van der Waals surface area (Å²) < 4.78 is 17.1. The van der Waals surface area contributed by atoms with Crippen LogP contribution in [0.3, 0.4) is 0 Å². The van der Waals surface area contributed by atoms with Crippen molar-refractivity contribution < 1.29 is 23.8 Å². The average Bonchev–Trinajstić information content (AvgIpc) is 2.98. The van der Waals surface area contributed by atoms with Crippen molar-refractivity contribution in [1.82, 2.24) is 0 Å². The van der Waals surface area contributed by atoms with Crippen LogP contribution in [0, 0.1) is 0 Å². The van der Waals surface area contributed by atoms with Crippen molar-refractivity contribution >= 4 is 11.8 Å². The van der Waals surface area contributed by atoms with Gasteiger partial charge >= 0.3 is 5.97 Å². The normalized spacial score (nSPS) is 17.8. The second-order valence-corrected chi connectivity index (χ2v) is 7.58. The zero-order valence-electron chi connectivity index (χ0n) is 16.4. The number of fused-ring (bicyclic) bond motifs is 3. The van der Waals surface area contributed by atoms with Crippen LogP contribution in [0.2, 0.25) is 0 Å². The molecular weight excluding hydrogens is 356 g/mol. The van der Waals surface area contributed by atoms with Gasteiger partial charge in [0, 0.05) is 11.5 Å². The molecule has 0 saturated heterocycles. The van der Waals surface area contributed by atoms with Crippen molar-refractivity contribution in [2.24, 2.45) is 0 Å². The van der Waals surface area contributed by atoms with Crippen LogP contribution in [-0.2, 0) is 4.79 Å². The van der Waals surface area contributed by atoms with Crippen LogP contribution in [0.15, 0.2) is 47.7 Å². The zero-order valence-corrected chi connectivity index (χ0v) is 16.4. The van der Waals surface area contributed by atoms with E-state index in [0.29, 0.717) is 22.8 Å². The number of esters is 1. The Morgan fingerprint density at radius 1 is 1.04 bits per heavy atom. The number of rotatable bonds is 3. The first-order valence-corrected chi connectivity index (χ1v) is 9.39. The first kappa shape index (κ1) is 18.3. The van der Waals surface area contributed by atoms with Crippen molar-refractivity contribution in [1.29, 1.82) is 0 Å². The lowest BCUT2D eigenvalue weighted by molar-refractivity contribution is -0.135. The van der Waals surface area contributed by atoms with Gasteiger partial charge in [-0.05, 0) is 63.1 Å². The van der Waals surface area contributed by atoms with E-state index in [1.807, 2.05) is 52.0 Å². The summed E-state index contributed by atoms with van der Waals surface area (Å²) in [5, 5.41) is 0. The summed E-state index contributed by atoms with van der Waals surface area (Å²) in [6.07, 6.45) is 0.275. The number of carbonyl (C=O) groups is 2. The van der Waals surface area contributed by atoms with Gasteiger partial charge in [-0.1, -0.05) is 12.1 Å². The van der Waals surface area contributed by atoms with Crippen LogP contribution in [0.4, 0.5) is 0 Å². The summed E-state index contributed by atoms with van der Waals surface area (Å²) in [6, 6.07) is 11.0. The third-order valence-electron chi connectivity index (χ3n) is 4.86. The van der Waals surface area contributed by atoms with Crippen LogP contribution in [-0.4, -0.2) is 17.9 Å². The van der Waals surface area contributed by atoms with Gasteiger partial charge < -0.3 is 14.2 Å². The molecule has 2 aliphatic heterocycles. The quantitative estimate of drug-likeness (QED) is 0.437. The van der Waals surface area contributed by atoms with E-state index >= 15 is 0 Å². The lowest BCUT2D eigenvalue weighted by Gasteiger charge is -2.26. The molecule has 2 heterocycles. The molecular formula is C23H22O5. The summed E-state index contributed by atoms with van der Waals surface area (Å²) in [5.74, 6) is 1.39. The van der Waals surface area contributed by atoms with Gasteiger partial charge in [-0.25, -0.2) is 0 Å². The Kier molecular flexibility index (Phi) is 4.46. The summed E-state index contributed by atoms with van der Waals surface area (Å²) in [4.78, 5) is 24.9. The lowest BCUT2D eigenvalue weighted by Crippen LogP contribution is -2.21. The Balaban J connectivity index is 1.80. The molecule has 0 saturated carbocycles. The number of hydrogen-bond donors (Lipinski definition) is 0. The summed E-state index contributed by atoms with van der Waals surface area (Å²) >= 11 is 0. The van der Waals surface area contributed by atoms with E-state index < -0.39 is 0 Å². The number of allylic oxidation sites excluding steroid dienone is 2. The molecule has 144 valence electrons. The molecule has 28 heavy (non-hydrogen) atoms. The van der Waals surface area contributed by atoms with E-state index in [4.69, 9.17) is 14.2 Å². The van der Waals surface area contributed by atoms with Crippen molar-refractivity contribution in [3.8, 4) is 17.2 Å². The molecule has 0 spiro atoms. The van der Waals surface area contributed by atoms with E-state index in [1.165, 1.54) is 0 Å². The van der Waals surface area contributed by atoms with E-state index in [1.54, 1.807) is 12.1 Å². The second kappa shape index (κ2) is 6.82. The third kappa shape index (κ3) is 3.07. The van der Waals surface area contributed by atoms with Crippen molar-refractivity contribution in [2.75, 3.05) is 0 Å². The van der Waals surface area contributed by atoms with Crippen molar-refractivity contribution in [3.05, 3.63) is 64.4 Å². The van der Waals surface area contributed by atoms with Crippen LogP contribution in [0.5, 0.6) is 17.2 Å². The predicted octanol–water partition coefficient (Wildman–Crippen LogP) is 4.78. The van der Waals surface area contributed by atoms with Gasteiger partial charge in [0.05, 0.1) is 18.1 Å². The number of benzene rings is 2. The van der Waals surface area contributed by atoms with E-state index in [9.17, 15) is 9.59 Å². The Morgan fingerprint density at radius 3 is 2.39 bits per heavy atom. The Hall–Kier alpha value is -3.08.